The zero-order valence-corrected chi connectivity index (χ0v) is 16.2. The molecule has 1 aliphatic carbocycles. The highest BCUT2D eigenvalue weighted by Gasteiger charge is 2.39. The van der Waals surface area contributed by atoms with Crippen LogP contribution in [0.4, 0.5) is 0 Å². The average molecular weight is 361 g/mol. The standard InChI is InChI=1S/C20H32N4O2/c1-3-12-23(15-18-21-11-14-22(18)2)20(26)17-10-7-13-24(17)19(25)16-8-5-4-6-9-16/h11,14,16-17H,3-10,12-13,15H2,1-2H3. The van der Waals surface area contributed by atoms with Gasteiger partial charge in [0, 0.05) is 38.4 Å². The number of carbonyl (C=O) groups is 2. The van der Waals surface area contributed by atoms with Crippen LogP contribution >= 0.6 is 0 Å². The molecule has 1 aromatic rings. The van der Waals surface area contributed by atoms with E-state index in [1.165, 1.54) is 6.42 Å². The Morgan fingerprint density at radius 1 is 1.19 bits per heavy atom. The van der Waals surface area contributed by atoms with E-state index in [4.69, 9.17) is 0 Å². The van der Waals surface area contributed by atoms with Crippen LogP contribution in [-0.2, 0) is 23.2 Å². The summed E-state index contributed by atoms with van der Waals surface area (Å²) in [5.41, 5.74) is 0. The van der Waals surface area contributed by atoms with Crippen molar-refractivity contribution in [1.82, 2.24) is 19.4 Å². The minimum atomic E-state index is -0.281. The third-order valence-corrected chi connectivity index (χ3v) is 5.83. The van der Waals surface area contributed by atoms with Gasteiger partial charge in [-0.15, -0.1) is 0 Å². The van der Waals surface area contributed by atoms with Crippen LogP contribution in [0.15, 0.2) is 12.4 Å². The molecule has 0 N–H and O–H groups in total. The van der Waals surface area contributed by atoms with E-state index >= 15 is 0 Å². The van der Waals surface area contributed by atoms with Gasteiger partial charge in [-0.05, 0) is 32.1 Å². The summed E-state index contributed by atoms with van der Waals surface area (Å²) in [6, 6.07) is -0.281. The van der Waals surface area contributed by atoms with Crippen molar-refractivity contribution in [2.24, 2.45) is 13.0 Å². The lowest BCUT2D eigenvalue weighted by atomic mass is 9.88. The summed E-state index contributed by atoms with van der Waals surface area (Å²) in [6.07, 6.45) is 11.8. The van der Waals surface area contributed by atoms with Gasteiger partial charge in [-0.3, -0.25) is 9.59 Å². The predicted molar refractivity (Wildman–Crippen MR) is 100 cm³/mol. The van der Waals surface area contributed by atoms with Gasteiger partial charge in [0.25, 0.3) is 0 Å². The maximum absolute atomic E-state index is 13.3. The molecule has 1 aliphatic heterocycles. The summed E-state index contributed by atoms with van der Waals surface area (Å²) in [6.45, 7) is 4.03. The lowest BCUT2D eigenvalue weighted by Crippen LogP contribution is -2.49. The van der Waals surface area contributed by atoms with Crippen molar-refractivity contribution >= 4 is 11.8 Å². The van der Waals surface area contributed by atoms with E-state index in [9.17, 15) is 9.59 Å². The summed E-state index contributed by atoms with van der Waals surface area (Å²) in [4.78, 5) is 34.4. The summed E-state index contributed by atoms with van der Waals surface area (Å²) >= 11 is 0. The van der Waals surface area contributed by atoms with Crippen molar-refractivity contribution in [3.05, 3.63) is 18.2 Å². The quantitative estimate of drug-likeness (QED) is 0.784. The number of aryl methyl sites for hydroxylation is 1. The van der Waals surface area contributed by atoms with Crippen molar-refractivity contribution < 1.29 is 9.59 Å². The summed E-state index contributed by atoms with van der Waals surface area (Å²) in [7, 11) is 1.95. The monoisotopic (exact) mass is 360 g/mol. The third-order valence-electron chi connectivity index (χ3n) is 5.83. The Balaban J connectivity index is 1.70. The van der Waals surface area contributed by atoms with Gasteiger partial charge in [-0.1, -0.05) is 26.2 Å². The lowest BCUT2D eigenvalue weighted by molar-refractivity contribution is -0.147. The zero-order valence-electron chi connectivity index (χ0n) is 16.2. The number of hydrogen-bond donors (Lipinski definition) is 0. The first kappa shape index (κ1) is 18.9. The first-order chi connectivity index (χ1) is 12.6. The maximum atomic E-state index is 13.3. The molecule has 2 amide bonds. The number of rotatable bonds is 6. The van der Waals surface area contributed by atoms with Gasteiger partial charge in [0.05, 0.1) is 6.54 Å². The Labute approximate surface area is 156 Å². The topological polar surface area (TPSA) is 58.4 Å². The molecule has 2 aliphatic rings. The molecule has 3 rings (SSSR count). The first-order valence-corrected chi connectivity index (χ1v) is 10.2. The fourth-order valence-electron chi connectivity index (χ4n) is 4.34. The van der Waals surface area contributed by atoms with Gasteiger partial charge in [0.2, 0.25) is 11.8 Å². The molecule has 0 aromatic carbocycles. The molecule has 0 bridgehead atoms. The number of nitrogens with zero attached hydrogens (tertiary/aromatic N) is 4. The van der Waals surface area contributed by atoms with Crippen LogP contribution in [0.5, 0.6) is 0 Å². The average Bonchev–Trinajstić information content (AvgIpc) is 3.30. The van der Waals surface area contributed by atoms with Crippen LogP contribution in [0, 0.1) is 5.92 Å². The molecule has 1 atom stereocenters. The molecule has 144 valence electrons. The maximum Gasteiger partial charge on any atom is 0.245 e. The van der Waals surface area contributed by atoms with Gasteiger partial charge in [0.1, 0.15) is 11.9 Å². The SMILES string of the molecule is CCCN(Cc1nccn1C)C(=O)C1CCCN1C(=O)C1CCCCC1. The van der Waals surface area contributed by atoms with Crippen molar-refractivity contribution in [3.63, 3.8) is 0 Å². The molecular weight excluding hydrogens is 328 g/mol. The first-order valence-electron chi connectivity index (χ1n) is 10.2. The molecule has 1 aromatic heterocycles. The third kappa shape index (κ3) is 4.10. The second kappa shape index (κ2) is 8.69. The number of likely N-dealkylation sites (tertiary alicyclic amines) is 1. The van der Waals surface area contributed by atoms with Crippen LogP contribution in [0.1, 0.15) is 64.1 Å². The van der Waals surface area contributed by atoms with Crippen LogP contribution in [-0.4, -0.2) is 50.3 Å². The number of imidazole rings is 1. The fourth-order valence-corrected chi connectivity index (χ4v) is 4.34. The number of amides is 2. The predicted octanol–water partition coefficient (Wildman–Crippen LogP) is 2.73. The van der Waals surface area contributed by atoms with Crippen molar-refractivity contribution in [2.45, 2.75) is 70.9 Å². The molecule has 1 unspecified atom stereocenters. The molecule has 0 spiro atoms. The van der Waals surface area contributed by atoms with Crippen LogP contribution in [0.3, 0.4) is 0 Å². The van der Waals surface area contributed by atoms with Crippen molar-refractivity contribution in [3.8, 4) is 0 Å². The van der Waals surface area contributed by atoms with E-state index in [2.05, 4.69) is 11.9 Å². The second-order valence-electron chi connectivity index (χ2n) is 7.74. The zero-order chi connectivity index (χ0) is 18.5. The highest BCUT2D eigenvalue weighted by molar-refractivity contribution is 5.89. The molecule has 2 heterocycles. The summed E-state index contributed by atoms with van der Waals surface area (Å²) in [5.74, 6) is 1.33. The van der Waals surface area contributed by atoms with Gasteiger partial charge in [-0.25, -0.2) is 4.98 Å². The molecule has 26 heavy (non-hydrogen) atoms. The Morgan fingerprint density at radius 2 is 1.96 bits per heavy atom. The highest BCUT2D eigenvalue weighted by atomic mass is 16.2. The highest BCUT2D eigenvalue weighted by Crippen LogP contribution is 2.29. The Bertz CT molecular complexity index is 621. The van der Waals surface area contributed by atoms with Crippen LogP contribution in [0.2, 0.25) is 0 Å². The van der Waals surface area contributed by atoms with E-state index < -0.39 is 0 Å². The van der Waals surface area contributed by atoms with Gasteiger partial charge in [0.15, 0.2) is 0 Å². The summed E-state index contributed by atoms with van der Waals surface area (Å²) < 4.78 is 1.95. The van der Waals surface area contributed by atoms with Crippen LogP contribution in [0.25, 0.3) is 0 Å². The molecule has 6 nitrogen and oxygen atoms in total. The number of aromatic nitrogens is 2. The van der Waals surface area contributed by atoms with E-state index in [0.717, 1.165) is 57.3 Å². The molecule has 1 saturated heterocycles. The van der Waals surface area contributed by atoms with Crippen molar-refractivity contribution in [1.29, 1.82) is 0 Å². The minimum Gasteiger partial charge on any atom is -0.337 e. The van der Waals surface area contributed by atoms with E-state index in [0.29, 0.717) is 13.1 Å². The lowest BCUT2D eigenvalue weighted by Gasteiger charge is -2.33. The smallest absolute Gasteiger partial charge is 0.245 e. The number of hydrogen-bond acceptors (Lipinski definition) is 3. The Kier molecular flexibility index (Phi) is 6.33. The fraction of sp³-hybridized carbons (Fsp3) is 0.750. The van der Waals surface area contributed by atoms with Gasteiger partial charge in [-0.2, -0.15) is 0 Å². The van der Waals surface area contributed by atoms with E-state index in [1.54, 1.807) is 6.20 Å². The molecule has 0 radical (unpaired) electrons. The molecule has 2 fully saturated rings. The Morgan fingerprint density at radius 3 is 2.62 bits per heavy atom. The Hall–Kier alpha value is -1.85. The summed E-state index contributed by atoms with van der Waals surface area (Å²) in [5, 5.41) is 0. The van der Waals surface area contributed by atoms with E-state index in [1.807, 2.05) is 27.6 Å². The van der Waals surface area contributed by atoms with Gasteiger partial charge >= 0.3 is 0 Å². The normalized spacial score (nSPS) is 21.2. The second-order valence-corrected chi connectivity index (χ2v) is 7.74. The van der Waals surface area contributed by atoms with Gasteiger partial charge < -0.3 is 14.4 Å². The molecular formula is C20H32N4O2. The minimum absolute atomic E-state index is 0.0940. The molecule has 1 saturated carbocycles. The number of carbonyl (C=O) groups excluding carboxylic acids is 2. The van der Waals surface area contributed by atoms with E-state index in [-0.39, 0.29) is 23.8 Å². The molecule has 6 heteroatoms. The van der Waals surface area contributed by atoms with Crippen LogP contribution < -0.4 is 0 Å². The largest absolute Gasteiger partial charge is 0.337 e. The van der Waals surface area contributed by atoms with Crippen molar-refractivity contribution in [2.75, 3.05) is 13.1 Å².